The largest absolute Gasteiger partial charge is 0.355 e. The highest BCUT2D eigenvalue weighted by molar-refractivity contribution is 8.00. The highest BCUT2D eigenvalue weighted by Crippen LogP contribution is 2.24. The highest BCUT2D eigenvalue weighted by Gasteiger charge is 2.19. The van der Waals surface area contributed by atoms with Gasteiger partial charge in [-0.1, -0.05) is 67.2 Å². The minimum absolute atomic E-state index is 0.000364. The molecule has 0 aliphatic heterocycles. The van der Waals surface area contributed by atoms with Crippen LogP contribution >= 0.6 is 11.8 Å². The number of para-hydroxylation sites is 1. The van der Waals surface area contributed by atoms with Crippen molar-refractivity contribution >= 4 is 17.7 Å². The van der Waals surface area contributed by atoms with Crippen molar-refractivity contribution in [1.29, 1.82) is 0 Å². The molecule has 3 aromatic rings. The van der Waals surface area contributed by atoms with E-state index in [-0.39, 0.29) is 17.1 Å². The molecule has 0 unspecified atom stereocenters. The molecule has 5 nitrogen and oxygen atoms in total. The Morgan fingerprint density at radius 3 is 2.42 bits per heavy atom. The Kier molecular flexibility index (Phi) is 6.07. The third-order valence-corrected chi connectivity index (χ3v) is 5.21. The first-order valence-corrected chi connectivity index (χ1v) is 9.48. The topological polar surface area (TPSA) is 59.8 Å². The number of benzene rings is 2. The van der Waals surface area contributed by atoms with Gasteiger partial charge in [-0.05, 0) is 30.5 Å². The van der Waals surface area contributed by atoms with Crippen LogP contribution in [-0.4, -0.2) is 32.5 Å². The minimum atomic E-state index is -0.260. The summed E-state index contributed by atoms with van der Waals surface area (Å²) < 4.78 is 1.89. The molecule has 1 aromatic heterocycles. The lowest BCUT2D eigenvalue weighted by atomic mass is 10.0. The molecule has 2 aromatic carbocycles. The molecule has 6 heteroatoms. The number of amides is 1. The smallest absolute Gasteiger partial charge is 0.233 e. The van der Waals surface area contributed by atoms with Gasteiger partial charge in [0.05, 0.1) is 5.25 Å². The van der Waals surface area contributed by atoms with Gasteiger partial charge in [-0.15, -0.1) is 10.2 Å². The van der Waals surface area contributed by atoms with Gasteiger partial charge in [0, 0.05) is 12.2 Å². The first-order valence-electron chi connectivity index (χ1n) is 8.60. The van der Waals surface area contributed by atoms with Crippen molar-refractivity contribution in [3.05, 3.63) is 72.6 Å². The van der Waals surface area contributed by atoms with Crippen molar-refractivity contribution in [3.8, 4) is 5.69 Å². The van der Waals surface area contributed by atoms with Crippen LogP contribution in [0.4, 0.5) is 0 Å². The Bertz CT molecular complexity index is 835. The predicted octanol–water partition coefficient (Wildman–Crippen LogP) is 3.67. The second kappa shape index (κ2) is 8.67. The Hall–Kier alpha value is -2.60. The van der Waals surface area contributed by atoms with Crippen LogP contribution < -0.4 is 5.32 Å². The minimum Gasteiger partial charge on any atom is -0.355 e. The van der Waals surface area contributed by atoms with E-state index in [4.69, 9.17) is 0 Å². The molecule has 1 N–H and O–H groups in total. The first-order chi connectivity index (χ1) is 12.6. The molecular formula is C20H22N4OS. The second-order valence-corrected chi connectivity index (χ2v) is 7.44. The van der Waals surface area contributed by atoms with Gasteiger partial charge in [0.2, 0.25) is 5.91 Å². The molecule has 1 amide bonds. The van der Waals surface area contributed by atoms with Crippen molar-refractivity contribution in [3.63, 3.8) is 0 Å². The van der Waals surface area contributed by atoms with Gasteiger partial charge in [0.25, 0.3) is 0 Å². The highest BCUT2D eigenvalue weighted by atomic mass is 32.2. The lowest BCUT2D eigenvalue weighted by Gasteiger charge is -2.16. The van der Waals surface area contributed by atoms with Crippen LogP contribution in [-0.2, 0) is 4.79 Å². The van der Waals surface area contributed by atoms with Crippen molar-refractivity contribution in [2.24, 2.45) is 0 Å². The SMILES string of the molecule is C[C@H](Sc1nncn1-c1ccccc1)C(=O)NC[C@H](C)c1ccccc1. The van der Waals surface area contributed by atoms with Gasteiger partial charge < -0.3 is 5.32 Å². The van der Waals surface area contributed by atoms with E-state index in [1.54, 1.807) is 6.33 Å². The molecule has 0 radical (unpaired) electrons. The zero-order chi connectivity index (χ0) is 18.4. The molecule has 3 rings (SSSR count). The van der Waals surface area contributed by atoms with Crippen LogP contribution in [0.15, 0.2) is 72.1 Å². The monoisotopic (exact) mass is 366 g/mol. The average molecular weight is 366 g/mol. The summed E-state index contributed by atoms with van der Waals surface area (Å²) in [6.07, 6.45) is 1.67. The van der Waals surface area contributed by atoms with Crippen LogP contribution in [0.25, 0.3) is 5.69 Å². The van der Waals surface area contributed by atoms with Crippen LogP contribution in [0.3, 0.4) is 0 Å². The zero-order valence-corrected chi connectivity index (χ0v) is 15.7. The number of aromatic nitrogens is 3. The number of carbonyl (C=O) groups is 1. The van der Waals surface area contributed by atoms with Crippen molar-refractivity contribution in [2.45, 2.75) is 30.2 Å². The Morgan fingerprint density at radius 2 is 1.73 bits per heavy atom. The van der Waals surface area contributed by atoms with E-state index >= 15 is 0 Å². The van der Waals surface area contributed by atoms with E-state index in [1.165, 1.54) is 17.3 Å². The van der Waals surface area contributed by atoms with Gasteiger partial charge in [0.15, 0.2) is 5.16 Å². The Morgan fingerprint density at radius 1 is 1.08 bits per heavy atom. The van der Waals surface area contributed by atoms with E-state index in [0.29, 0.717) is 11.7 Å². The number of carbonyl (C=O) groups excluding carboxylic acids is 1. The van der Waals surface area contributed by atoms with Crippen LogP contribution in [0.2, 0.25) is 0 Å². The normalized spacial score (nSPS) is 13.2. The Balaban J connectivity index is 1.58. The predicted molar refractivity (Wildman–Crippen MR) is 105 cm³/mol. The summed E-state index contributed by atoms with van der Waals surface area (Å²) >= 11 is 1.40. The number of rotatable bonds is 7. The first kappa shape index (κ1) is 18.2. The molecule has 134 valence electrons. The molecule has 0 spiro atoms. The fourth-order valence-electron chi connectivity index (χ4n) is 2.58. The molecule has 0 saturated heterocycles. The molecule has 26 heavy (non-hydrogen) atoms. The molecular weight excluding hydrogens is 344 g/mol. The summed E-state index contributed by atoms with van der Waals surface area (Å²) in [6.45, 7) is 4.61. The fourth-order valence-corrected chi connectivity index (χ4v) is 3.45. The standard InChI is InChI=1S/C20H22N4OS/c1-15(17-9-5-3-6-10-17)13-21-19(25)16(2)26-20-23-22-14-24(20)18-11-7-4-8-12-18/h3-12,14-16H,13H2,1-2H3,(H,21,25)/t15-,16-/m0/s1. The zero-order valence-electron chi connectivity index (χ0n) is 14.9. The maximum atomic E-state index is 12.5. The number of thioether (sulfide) groups is 1. The fraction of sp³-hybridized carbons (Fsp3) is 0.250. The van der Waals surface area contributed by atoms with Crippen molar-refractivity contribution in [2.75, 3.05) is 6.54 Å². The molecule has 0 fully saturated rings. The molecule has 2 atom stereocenters. The number of hydrogen-bond donors (Lipinski definition) is 1. The maximum Gasteiger partial charge on any atom is 0.233 e. The molecule has 0 bridgehead atoms. The summed E-state index contributed by atoms with van der Waals surface area (Å²) in [5, 5.41) is 11.6. The summed E-state index contributed by atoms with van der Waals surface area (Å²) in [7, 11) is 0. The number of hydrogen-bond acceptors (Lipinski definition) is 4. The summed E-state index contributed by atoms with van der Waals surface area (Å²) in [4.78, 5) is 12.5. The average Bonchev–Trinajstić information content (AvgIpc) is 3.15. The molecule has 0 aliphatic rings. The quantitative estimate of drug-likeness (QED) is 0.648. The number of nitrogens with zero attached hydrogens (tertiary/aromatic N) is 3. The van der Waals surface area contributed by atoms with Gasteiger partial charge in [0.1, 0.15) is 6.33 Å². The summed E-state index contributed by atoms with van der Waals surface area (Å²) in [6, 6.07) is 20.1. The second-order valence-electron chi connectivity index (χ2n) is 6.14. The molecule has 1 heterocycles. The van der Waals surface area contributed by atoms with E-state index < -0.39 is 0 Å². The summed E-state index contributed by atoms with van der Waals surface area (Å²) in [5.74, 6) is 0.269. The van der Waals surface area contributed by atoms with E-state index in [2.05, 4.69) is 34.6 Å². The third-order valence-electron chi connectivity index (χ3n) is 4.15. The van der Waals surface area contributed by atoms with Gasteiger partial charge >= 0.3 is 0 Å². The van der Waals surface area contributed by atoms with Gasteiger partial charge in [-0.25, -0.2) is 0 Å². The van der Waals surface area contributed by atoms with E-state index in [9.17, 15) is 4.79 Å². The molecule has 0 saturated carbocycles. The number of nitrogens with one attached hydrogen (secondary N) is 1. The van der Waals surface area contributed by atoms with Crippen LogP contribution in [0, 0.1) is 0 Å². The lowest BCUT2D eigenvalue weighted by Crippen LogP contribution is -2.33. The van der Waals surface area contributed by atoms with Crippen molar-refractivity contribution in [1.82, 2.24) is 20.1 Å². The van der Waals surface area contributed by atoms with E-state index in [1.807, 2.05) is 60.0 Å². The lowest BCUT2D eigenvalue weighted by molar-refractivity contribution is -0.120. The van der Waals surface area contributed by atoms with Gasteiger partial charge in [-0.2, -0.15) is 0 Å². The van der Waals surface area contributed by atoms with E-state index in [0.717, 1.165) is 5.69 Å². The van der Waals surface area contributed by atoms with Crippen LogP contribution in [0.1, 0.15) is 25.3 Å². The summed E-state index contributed by atoms with van der Waals surface area (Å²) in [5.41, 5.74) is 2.20. The van der Waals surface area contributed by atoms with Gasteiger partial charge in [-0.3, -0.25) is 9.36 Å². The maximum absolute atomic E-state index is 12.5. The van der Waals surface area contributed by atoms with Crippen molar-refractivity contribution < 1.29 is 4.79 Å². The van der Waals surface area contributed by atoms with Crippen LogP contribution in [0.5, 0.6) is 0 Å². The Labute approximate surface area is 157 Å². The molecule has 0 aliphatic carbocycles. The third kappa shape index (κ3) is 4.52.